The van der Waals surface area contributed by atoms with Crippen molar-refractivity contribution in [2.45, 2.75) is 13.0 Å². The first-order chi connectivity index (χ1) is 8.99. The van der Waals surface area contributed by atoms with E-state index < -0.39 is 22.7 Å². The lowest BCUT2D eigenvalue weighted by atomic mass is 10.0. The topological polar surface area (TPSA) is 102 Å². The van der Waals surface area contributed by atoms with Crippen LogP contribution in [0.3, 0.4) is 0 Å². The number of carbonyl (C=O) groups excluding carboxylic acids is 1. The molecule has 104 valence electrons. The number of nitrogens with one attached hydrogen (secondary N) is 1. The molecule has 0 saturated carbocycles. The van der Waals surface area contributed by atoms with Gasteiger partial charge < -0.3 is 5.73 Å². The van der Waals surface area contributed by atoms with Crippen molar-refractivity contribution < 1.29 is 18.0 Å². The Bertz CT molecular complexity index is 573. The van der Waals surface area contributed by atoms with Gasteiger partial charge in [-0.05, 0) is 17.5 Å². The van der Waals surface area contributed by atoms with Gasteiger partial charge in [0.05, 0.1) is 0 Å². The van der Waals surface area contributed by atoms with Gasteiger partial charge in [0.1, 0.15) is 6.61 Å². The number of hydrogen-bond donors (Lipinski definition) is 2. The zero-order chi connectivity index (χ0) is 13.9. The zero-order valence-electron chi connectivity index (χ0n) is 10.2. The number of carbonyl (C=O) groups is 1. The predicted octanol–water partition coefficient (Wildman–Crippen LogP) is -0.704. The lowest BCUT2D eigenvalue weighted by molar-refractivity contribution is -0.123. The third kappa shape index (κ3) is 3.51. The molecule has 7 nitrogen and oxygen atoms in total. The summed E-state index contributed by atoms with van der Waals surface area (Å²) in [4.78, 5) is 16.9. The molecule has 3 N–H and O–H groups in total. The summed E-state index contributed by atoms with van der Waals surface area (Å²) in [7, 11) is -3.77. The summed E-state index contributed by atoms with van der Waals surface area (Å²) in [5, 5.41) is 0. The highest BCUT2D eigenvalue weighted by molar-refractivity contribution is 7.86. The Hall–Kier alpha value is -1.48. The van der Waals surface area contributed by atoms with Gasteiger partial charge >= 0.3 is 10.2 Å². The summed E-state index contributed by atoms with van der Waals surface area (Å²) < 4.78 is 25.1. The van der Waals surface area contributed by atoms with Crippen molar-refractivity contribution in [2.24, 2.45) is 5.73 Å². The van der Waals surface area contributed by atoms with Gasteiger partial charge in [0.2, 0.25) is 5.91 Å². The molecule has 0 aliphatic carbocycles. The van der Waals surface area contributed by atoms with E-state index >= 15 is 0 Å². The highest BCUT2D eigenvalue weighted by atomic mass is 32.2. The van der Waals surface area contributed by atoms with Gasteiger partial charge in [0.15, 0.2) is 0 Å². The molecule has 0 radical (unpaired) electrons. The lowest BCUT2D eigenvalue weighted by Crippen LogP contribution is -2.44. The maximum Gasteiger partial charge on any atom is 0.301 e. The molecule has 0 fully saturated rings. The molecule has 1 amide bonds. The van der Waals surface area contributed by atoms with Crippen LogP contribution in [0.4, 0.5) is 0 Å². The molecule has 0 bridgehead atoms. The Morgan fingerprint density at radius 3 is 2.74 bits per heavy atom. The largest absolute Gasteiger partial charge is 0.368 e. The van der Waals surface area contributed by atoms with Crippen molar-refractivity contribution in [2.75, 3.05) is 13.2 Å². The number of nitrogens with two attached hydrogens (primary N) is 1. The fraction of sp³-hybridized carbons (Fsp3) is 0.364. The lowest BCUT2D eigenvalue weighted by Gasteiger charge is -2.27. The summed E-state index contributed by atoms with van der Waals surface area (Å²) in [6.45, 7) is 0.154. The van der Waals surface area contributed by atoms with Gasteiger partial charge in [-0.1, -0.05) is 29.2 Å². The van der Waals surface area contributed by atoms with E-state index in [9.17, 15) is 13.2 Å². The highest BCUT2D eigenvalue weighted by Gasteiger charge is 2.26. The van der Waals surface area contributed by atoms with Crippen LogP contribution in [0.1, 0.15) is 11.1 Å². The molecular formula is C11H15N3O4S. The fourth-order valence-corrected chi connectivity index (χ4v) is 2.86. The van der Waals surface area contributed by atoms with Crippen LogP contribution in [-0.2, 0) is 32.8 Å². The Balaban J connectivity index is 2.01. The van der Waals surface area contributed by atoms with Crippen molar-refractivity contribution in [3.63, 3.8) is 0 Å². The minimum atomic E-state index is -3.77. The molecule has 1 heterocycles. The summed E-state index contributed by atoms with van der Waals surface area (Å²) >= 11 is 0. The van der Waals surface area contributed by atoms with Gasteiger partial charge in [-0.3, -0.25) is 9.63 Å². The van der Waals surface area contributed by atoms with E-state index in [4.69, 9.17) is 5.73 Å². The number of hydrogen-bond acceptors (Lipinski definition) is 4. The number of amides is 1. The Labute approximate surface area is 111 Å². The second kappa shape index (κ2) is 5.66. The molecule has 2 rings (SSSR count). The second-order valence-corrected chi connectivity index (χ2v) is 5.83. The van der Waals surface area contributed by atoms with E-state index in [0.717, 1.165) is 11.1 Å². The van der Waals surface area contributed by atoms with Crippen molar-refractivity contribution in [1.29, 1.82) is 0 Å². The first-order valence-electron chi connectivity index (χ1n) is 5.73. The molecule has 0 aromatic heterocycles. The van der Waals surface area contributed by atoms with Crippen molar-refractivity contribution in [3.8, 4) is 0 Å². The maximum absolute atomic E-state index is 11.9. The van der Waals surface area contributed by atoms with Crippen LogP contribution in [0.2, 0.25) is 0 Å². The Kier molecular flexibility index (Phi) is 4.15. The van der Waals surface area contributed by atoms with Crippen LogP contribution >= 0.6 is 0 Å². The highest BCUT2D eigenvalue weighted by Crippen LogP contribution is 2.20. The Morgan fingerprint density at radius 2 is 2.05 bits per heavy atom. The van der Waals surface area contributed by atoms with Gasteiger partial charge in [0.25, 0.3) is 0 Å². The van der Waals surface area contributed by atoms with E-state index in [-0.39, 0.29) is 6.54 Å². The molecule has 1 aromatic carbocycles. The van der Waals surface area contributed by atoms with Crippen LogP contribution in [0, 0.1) is 0 Å². The van der Waals surface area contributed by atoms with Gasteiger partial charge in [0, 0.05) is 13.1 Å². The molecule has 8 heteroatoms. The van der Waals surface area contributed by atoms with Crippen LogP contribution in [0.25, 0.3) is 0 Å². The van der Waals surface area contributed by atoms with E-state index in [1.54, 1.807) is 0 Å². The first-order valence-corrected chi connectivity index (χ1v) is 7.17. The molecule has 0 unspecified atom stereocenters. The summed E-state index contributed by atoms with van der Waals surface area (Å²) in [6.07, 6.45) is 0.646. The predicted molar refractivity (Wildman–Crippen MR) is 67.8 cm³/mol. The van der Waals surface area contributed by atoms with E-state index in [1.165, 1.54) is 4.31 Å². The molecule has 1 aromatic rings. The van der Waals surface area contributed by atoms with E-state index in [0.29, 0.717) is 13.0 Å². The van der Waals surface area contributed by atoms with Crippen LogP contribution in [0.5, 0.6) is 0 Å². The third-order valence-corrected chi connectivity index (χ3v) is 4.13. The van der Waals surface area contributed by atoms with Crippen LogP contribution in [-0.4, -0.2) is 31.8 Å². The fourth-order valence-electron chi connectivity index (χ4n) is 1.90. The van der Waals surface area contributed by atoms with Gasteiger partial charge in [-0.2, -0.15) is 12.7 Å². The average Bonchev–Trinajstić information content (AvgIpc) is 2.37. The van der Waals surface area contributed by atoms with Crippen molar-refractivity contribution >= 4 is 16.1 Å². The molecule has 1 aliphatic heterocycles. The third-order valence-electron chi connectivity index (χ3n) is 2.81. The minimum absolute atomic E-state index is 0.283. The average molecular weight is 285 g/mol. The van der Waals surface area contributed by atoms with Gasteiger partial charge in [-0.25, -0.2) is 0 Å². The number of rotatable bonds is 5. The monoisotopic (exact) mass is 285 g/mol. The smallest absolute Gasteiger partial charge is 0.301 e. The molecule has 0 atom stereocenters. The summed E-state index contributed by atoms with van der Waals surface area (Å²) in [5.74, 6) is -0.744. The van der Waals surface area contributed by atoms with Gasteiger partial charge in [-0.15, -0.1) is 0 Å². The van der Waals surface area contributed by atoms with Crippen LogP contribution < -0.4 is 10.6 Å². The summed E-state index contributed by atoms with van der Waals surface area (Å²) in [5.41, 5.74) is 6.96. The number of benzene rings is 1. The first kappa shape index (κ1) is 13.9. The number of primary amides is 1. The van der Waals surface area contributed by atoms with Crippen molar-refractivity contribution in [3.05, 3.63) is 35.4 Å². The molecule has 0 spiro atoms. The molecule has 0 saturated heterocycles. The Morgan fingerprint density at radius 1 is 1.37 bits per heavy atom. The summed E-state index contributed by atoms with van der Waals surface area (Å²) in [6, 6.07) is 7.67. The van der Waals surface area contributed by atoms with E-state index in [2.05, 4.69) is 4.84 Å². The molecular weight excluding hydrogens is 270 g/mol. The minimum Gasteiger partial charge on any atom is -0.368 e. The number of fused-ring (bicyclic) bond motifs is 1. The maximum atomic E-state index is 11.9. The molecule has 1 aliphatic rings. The van der Waals surface area contributed by atoms with Crippen LogP contribution in [0.15, 0.2) is 24.3 Å². The molecule has 19 heavy (non-hydrogen) atoms. The standard InChI is InChI=1S/C11H15N3O4S/c12-11(15)8-18-13-19(16,17)14-6-5-9-3-1-2-4-10(9)7-14/h1-4,13H,5-8H2,(H2,12,15). The number of nitrogens with zero attached hydrogens (tertiary/aromatic N) is 1. The van der Waals surface area contributed by atoms with E-state index in [1.807, 2.05) is 29.2 Å². The zero-order valence-corrected chi connectivity index (χ0v) is 11.0. The van der Waals surface area contributed by atoms with Crippen molar-refractivity contribution in [1.82, 2.24) is 9.19 Å². The quantitative estimate of drug-likeness (QED) is 0.698. The normalized spacial score (nSPS) is 16.0. The second-order valence-electron chi connectivity index (χ2n) is 4.20. The SMILES string of the molecule is NC(=O)CONS(=O)(=O)N1CCc2ccccc2C1.